The van der Waals surface area contributed by atoms with Crippen LogP contribution in [0, 0.1) is 0 Å². The molecule has 0 unspecified atom stereocenters. The van der Waals surface area contributed by atoms with Gasteiger partial charge in [0.25, 0.3) is 0 Å². The van der Waals surface area contributed by atoms with Crippen molar-refractivity contribution in [3.63, 3.8) is 0 Å². The summed E-state index contributed by atoms with van der Waals surface area (Å²) in [4.78, 5) is 11.5. The van der Waals surface area contributed by atoms with Crippen LogP contribution in [0.1, 0.15) is 51.5 Å². The maximum atomic E-state index is 11.5. The van der Waals surface area contributed by atoms with Crippen molar-refractivity contribution in [2.75, 3.05) is 12.4 Å². The van der Waals surface area contributed by atoms with Gasteiger partial charge in [-0.05, 0) is 29.7 Å². The monoisotopic (exact) mass is 284 g/mol. The molecule has 1 aliphatic rings. The van der Waals surface area contributed by atoms with Crippen LogP contribution in [0.4, 0.5) is 0 Å². The number of hydrogen-bond acceptors (Lipinski definition) is 6. The summed E-state index contributed by atoms with van der Waals surface area (Å²) in [6.07, 6.45) is 6.65. The van der Waals surface area contributed by atoms with Gasteiger partial charge in [0.1, 0.15) is 0 Å². The number of carbonyl (C=O) groups is 1. The molecule has 1 heterocycles. The number of thioether (sulfide) groups is 1. The fourth-order valence-electron chi connectivity index (χ4n) is 2.15. The molecule has 106 valence electrons. The molecule has 0 aliphatic heterocycles. The summed E-state index contributed by atoms with van der Waals surface area (Å²) in [5.74, 6) is 0.0796. The summed E-state index contributed by atoms with van der Waals surface area (Å²) in [6, 6.07) is 0.397. The number of ether oxygens (including phenoxy) is 1. The number of hydrogen-bond donors (Lipinski definition) is 0. The Bertz CT molecular complexity index is 404. The molecule has 0 amide bonds. The molecular weight excluding hydrogens is 264 g/mol. The molecule has 0 atom stereocenters. The first kappa shape index (κ1) is 14.3. The maximum absolute atomic E-state index is 11.5. The van der Waals surface area contributed by atoms with Crippen molar-refractivity contribution in [1.29, 1.82) is 0 Å². The second-order valence-corrected chi connectivity index (χ2v) is 5.65. The van der Waals surface area contributed by atoms with E-state index in [0.29, 0.717) is 12.6 Å². The van der Waals surface area contributed by atoms with Crippen LogP contribution in [-0.2, 0) is 9.53 Å². The van der Waals surface area contributed by atoms with Crippen molar-refractivity contribution in [2.24, 2.45) is 0 Å². The third-order valence-corrected chi connectivity index (χ3v) is 4.12. The molecule has 1 fully saturated rings. The van der Waals surface area contributed by atoms with E-state index in [1.807, 2.05) is 4.68 Å². The second kappa shape index (κ2) is 7.47. The highest BCUT2D eigenvalue weighted by Crippen LogP contribution is 2.31. The van der Waals surface area contributed by atoms with Crippen molar-refractivity contribution in [3.05, 3.63) is 0 Å². The fraction of sp³-hybridized carbons (Fsp3) is 0.833. The number of carbonyl (C=O) groups excluding carboxylic acids is 1. The quantitative estimate of drug-likeness (QED) is 0.434. The highest BCUT2D eigenvalue weighted by atomic mass is 32.2. The van der Waals surface area contributed by atoms with Gasteiger partial charge in [-0.2, -0.15) is 0 Å². The molecule has 0 saturated heterocycles. The number of tetrazole rings is 1. The molecule has 19 heavy (non-hydrogen) atoms. The van der Waals surface area contributed by atoms with Gasteiger partial charge in [-0.3, -0.25) is 4.79 Å². The Hall–Kier alpha value is -1.11. The predicted octanol–water partition coefficient (Wildman–Crippen LogP) is 2.22. The summed E-state index contributed by atoms with van der Waals surface area (Å²) in [6.45, 7) is 2.57. The summed E-state index contributed by atoms with van der Waals surface area (Å²) in [5, 5.41) is 12.5. The normalized spacial score (nSPS) is 15.8. The van der Waals surface area contributed by atoms with Gasteiger partial charge in [-0.25, -0.2) is 4.68 Å². The zero-order valence-corrected chi connectivity index (χ0v) is 12.1. The lowest BCUT2D eigenvalue weighted by atomic mass is 10.3. The van der Waals surface area contributed by atoms with Gasteiger partial charge in [0.05, 0.1) is 18.4 Å². The molecule has 1 aromatic rings. The molecule has 0 bridgehead atoms. The lowest BCUT2D eigenvalue weighted by Gasteiger charge is -2.10. The number of aromatic nitrogens is 4. The first-order valence-electron chi connectivity index (χ1n) is 6.87. The molecule has 1 saturated carbocycles. The zero-order valence-electron chi connectivity index (χ0n) is 11.2. The van der Waals surface area contributed by atoms with Crippen molar-refractivity contribution >= 4 is 17.7 Å². The van der Waals surface area contributed by atoms with Gasteiger partial charge in [0, 0.05) is 0 Å². The van der Waals surface area contributed by atoms with Gasteiger partial charge >= 0.3 is 5.97 Å². The third kappa shape index (κ3) is 4.19. The molecule has 0 spiro atoms. The van der Waals surface area contributed by atoms with Crippen LogP contribution in [0.5, 0.6) is 0 Å². The van der Waals surface area contributed by atoms with Gasteiger partial charge in [-0.15, -0.1) is 5.10 Å². The zero-order chi connectivity index (χ0) is 13.5. The van der Waals surface area contributed by atoms with E-state index in [4.69, 9.17) is 4.74 Å². The standard InChI is InChI=1S/C12H20N4O2S/c1-2-3-8-18-11(17)9-19-12-13-14-15-16(12)10-6-4-5-7-10/h10H,2-9H2,1H3. The average Bonchev–Trinajstić information content (AvgIpc) is 3.07. The predicted molar refractivity (Wildman–Crippen MR) is 71.9 cm³/mol. The van der Waals surface area contributed by atoms with E-state index in [1.54, 1.807) is 0 Å². The lowest BCUT2D eigenvalue weighted by Crippen LogP contribution is -2.11. The Morgan fingerprint density at radius 1 is 1.47 bits per heavy atom. The number of nitrogens with zero attached hydrogens (tertiary/aromatic N) is 4. The van der Waals surface area contributed by atoms with Crippen LogP contribution in [0.3, 0.4) is 0 Å². The van der Waals surface area contributed by atoms with E-state index in [-0.39, 0.29) is 11.7 Å². The van der Waals surface area contributed by atoms with Crippen LogP contribution in [0.15, 0.2) is 5.16 Å². The van der Waals surface area contributed by atoms with E-state index in [0.717, 1.165) is 30.8 Å². The van der Waals surface area contributed by atoms with Gasteiger partial charge < -0.3 is 4.74 Å². The highest BCUT2D eigenvalue weighted by molar-refractivity contribution is 7.99. The Morgan fingerprint density at radius 2 is 2.26 bits per heavy atom. The highest BCUT2D eigenvalue weighted by Gasteiger charge is 2.22. The van der Waals surface area contributed by atoms with Crippen molar-refractivity contribution in [1.82, 2.24) is 20.2 Å². The van der Waals surface area contributed by atoms with Gasteiger partial charge in [0.15, 0.2) is 0 Å². The molecule has 2 rings (SSSR count). The SMILES string of the molecule is CCCCOC(=O)CSc1nnnn1C1CCCC1. The van der Waals surface area contributed by atoms with E-state index < -0.39 is 0 Å². The largest absolute Gasteiger partial charge is 0.465 e. The van der Waals surface area contributed by atoms with Crippen molar-refractivity contribution < 1.29 is 9.53 Å². The summed E-state index contributed by atoms with van der Waals surface area (Å²) >= 11 is 1.36. The molecule has 6 nitrogen and oxygen atoms in total. The van der Waals surface area contributed by atoms with Crippen LogP contribution in [0.2, 0.25) is 0 Å². The van der Waals surface area contributed by atoms with Crippen LogP contribution in [0.25, 0.3) is 0 Å². The molecule has 1 aliphatic carbocycles. The number of rotatable bonds is 7. The maximum Gasteiger partial charge on any atom is 0.316 e. The van der Waals surface area contributed by atoms with Crippen LogP contribution >= 0.6 is 11.8 Å². The average molecular weight is 284 g/mol. The molecule has 0 aromatic carbocycles. The van der Waals surface area contributed by atoms with E-state index >= 15 is 0 Å². The fourth-order valence-corrected chi connectivity index (χ4v) is 2.90. The topological polar surface area (TPSA) is 69.9 Å². The molecule has 7 heteroatoms. The Balaban J connectivity index is 1.79. The van der Waals surface area contributed by atoms with E-state index in [1.165, 1.54) is 24.6 Å². The Labute approximate surface area is 117 Å². The van der Waals surface area contributed by atoms with Crippen LogP contribution in [-0.4, -0.2) is 38.5 Å². The Kier molecular flexibility index (Phi) is 5.62. The summed E-state index contributed by atoms with van der Waals surface area (Å²) in [7, 11) is 0. The minimum atomic E-state index is -0.195. The number of esters is 1. The molecular formula is C12H20N4O2S. The smallest absolute Gasteiger partial charge is 0.316 e. The minimum absolute atomic E-state index is 0.195. The van der Waals surface area contributed by atoms with E-state index in [2.05, 4.69) is 22.4 Å². The number of unbranched alkanes of at least 4 members (excludes halogenated alkanes) is 1. The lowest BCUT2D eigenvalue weighted by molar-refractivity contribution is -0.140. The van der Waals surface area contributed by atoms with Gasteiger partial charge in [0.2, 0.25) is 5.16 Å². The van der Waals surface area contributed by atoms with Crippen molar-refractivity contribution in [3.8, 4) is 0 Å². The Morgan fingerprint density at radius 3 is 3.00 bits per heavy atom. The first-order chi connectivity index (χ1) is 9.31. The second-order valence-electron chi connectivity index (χ2n) is 4.71. The summed E-state index contributed by atoms with van der Waals surface area (Å²) < 4.78 is 6.97. The van der Waals surface area contributed by atoms with E-state index in [9.17, 15) is 4.79 Å². The van der Waals surface area contributed by atoms with Crippen LogP contribution < -0.4 is 0 Å². The molecule has 1 aromatic heterocycles. The molecule has 0 N–H and O–H groups in total. The third-order valence-electron chi connectivity index (χ3n) is 3.21. The minimum Gasteiger partial charge on any atom is -0.465 e. The molecule has 0 radical (unpaired) electrons. The first-order valence-corrected chi connectivity index (χ1v) is 7.86. The van der Waals surface area contributed by atoms with Crippen molar-refractivity contribution in [2.45, 2.75) is 56.6 Å². The summed E-state index contributed by atoms with van der Waals surface area (Å²) in [5.41, 5.74) is 0. The van der Waals surface area contributed by atoms with Gasteiger partial charge in [-0.1, -0.05) is 37.9 Å².